The third kappa shape index (κ3) is 2.12. The molecule has 1 aromatic heterocycles. The van der Waals surface area contributed by atoms with Gasteiger partial charge in [0.15, 0.2) is 0 Å². The van der Waals surface area contributed by atoms with E-state index < -0.39 is 0 Å². The highest BCUT2D eigenvalue weighted by molar-refractivity contribution is 6.01. The first kappa shape index (κ1) is 9.64. The third-order valence-corrected chi connectivity index (χ3v) is 2.17. The summed E-state index contributed by atoms with van der Waals surface area (Å²) in [5.41, 5.74) is 1.69. The maximum absolute atomic E-state index is 11.2. The number of imide groups is 1. The van der Waals surface area contributed by atoms with Gasteiger partial charge < -0.3 is 4.90 Å². The molecule has 3 amide bonds. The van der Waals surface area contributed by atoms with Crippen LogP contribution in [0.5, 0.6) is 0 Å². The van der Waals surface area contributed by atoms with E-state index in [1.807, 2.05) is 25.1 Å². The zero-order chi connectivity index (χ0) is 10.8. The molecule has 1 fully saturated rings. The maximum atomic E-state index is 11.2. The standard InChI is InChI=1S/C10H11N3O2/c1-7-3-2-4-8(11-7)5-13-6-9(14)12-10(13)15/h2-4H,5-6H2,1H3,(H,12,14,15). The Morgan fingerprint density at radius 2 is 2.27 bits per heavy atom. The van der Waals surface area contributed by atoms with Crippen LogP contribution in [0.2, 0.25) is 0 Å². The Labute approximate surface area is 87.1 Å². The van der Waals surface area contributed by atoms with Crippen LogP contribution in [0.3, 0.4) is 0 Å². The molecule has 1 aromatic rings. The first-order valence-electron chi connectivity index (χ1n) is 4.66. The van der Waals surface area contributed by atoms with Crippen molar-refractivity contribution in [2.75, 3.05) is 6.54 Å². The molecular weight excluding hydrogens is 194 g/mol. The van der Waals surface area contributed by atoms with Gasteiger partial charge in [-0.1, -0.05) is 6.07 Å². The summed E-state index contributed by atoms with van der Waals surface area (Å²) in [4.78, 5) is 27.9. The summed E-state index contributed by atoms with van der Waals surface area (Å²) in [6.45, 7) is 2.38. The van der Waals surface area contributed by atoms with Gasteiger partial charge in [0.1, 0.15) is 6.54 Å². The van der Waals surface area contributed by atoms with E-state index in [0.29, 0.717) is 6.54 Å². The molecule has 5 heteroatoms. The highest BCUT2D eigenvalue weighted by Crippen LogP contribution is 2.06. The van der Waals surface area contributed by atoms with Crippen molar-refractivity contribution in [2.45, 2.75) is 13.5 Å². The molecule has 5 nitrogen and oxygen atoms in total. The first-order chi connectivity index (χ1) is 7.15. The van der Waals surface area contributed by atoms with Gasteiger partial charge in [0.05, 0.1) is 12.2 Å². The molecule has 0 bridgehead atoms. The Balaban J connectivity index is 2.09. The maximum Gasteiger partial charge on any atom is 0.324 e. The molecule has 2 heterocycles. The molecule has 0 radical (unpaired) electrons. The highest BCUT2D eigenvalue weighted by atomic mass is 16.2. The molecule has 0 aromatic carbocycles. The molecule has 0 atom stereocenters. The summed E-state index contributed by atoms with van der Waals surface area (Å²) in [5, 5.41) is 2.22. The van der Waals surface area contributed by atoms with E-state index in [0.717, 1.165) is 11.4 Å². The number of aryl methyl sites for hydroxylation is 1. The van der Waals surface area contributed by atoms with E-state index in [1.54, 1.807) is 0 Å². The quantitative estimate of drug-likeness (QED) is 0.713. The van der Waals surface area contributed by atoms with Crippen LogP contribution in [0, 0.1) is 6.92 Å². The largest absolute Gasteiger partial charge is 0.324 e. The summed E-state index contributed by atoms with van der Waals surface area (Å²) in [7, 11) is 0. The van der Waals surface area contributed by atoms with Crippen LogP contribution in [0.15, 0.2) is 18.2 Å². The average molecular weight is 205 g/mol. The van der Waals surface area contributed by atoms with Crippen molar-refractivity contribution in [1.29, 1.82) is 0 Å². The second-order valence-corrected chi connectivity index (χ2v) is 3.48. The molecule has 15 heavy (non-hydrogen) atoms. The fourth-order valence-electron chi connectivity index (χ4n) is 1.49. The Hall–Kier alpha value is -1.91. The van der Waals surface area contributed by atoms with Gasteiger partial charge in [-0.2, -0.15) is 0 Å². The van der Waals surface area contributed by atoms with E-state index in [1.165, 1.54) is 4.90 Å². The van der Waals surface area contributed by atoms with Gasteiger partial charge in [0, 0.05) is 5.69 Å². The number of amides is 3. The average Bonchev–Trinajstić information content (AvgIpc) is 2.45. The number of nitrogens with zero attached hydrogens (tertiary/aromatic N) is 2. The molecule has 1 aliphatic rings. The van der Waals surface area contributed by atoms with Crippen molar-refractivity contribution in [3.05, 3.63) is 29.6 Å². The number of carbonyl (C=O) groups excluding carboxylic acids is 2. The van der Waals surface area contributed by atoms with Gasteiger partial charge in [0.25, 0.3) is 0 Å². The molecule has 1 N–H and O–H groups in total. The molecular formula is C10H11N3O2. The van der Waals surface area contributed by atoms with Crippen molar-refractivity contribution < 1.29 is 9.59 Å². The zero-order valence-electron chi connectivity index (χ0n) is 8.36. The van der Waals surface area contributed by atoms with Crippen LogP contribution in [0.25, 0.3) is 0 Å². The van der Waals surface area contributed by atoms with Crippen LogP contribution in [-0.2, 0) is 11.3 Å². The summed E-state index contributed by atoms with van der Waals surface area (Å²) in [6.07, 6.45) is 0. The number of aromatic nitrogens is 1. The molecule has 0 unspecified atom stereocenters. The minimum absolute atomic E-state index is 0.119. The smallest absolute Gasteiger partial charge is 0.309 e. The lowest BCUT2D eigenvalue weighted by molar-refractivity contribution is -0.118. The Kier molecular flexibility index (Phi) is 2.37. The summed E-state index contributed by atoms with van der Waals surface area (Å²) in [6, 6.07) is 5.26. The molecule has 0 saturated carbocycles. The predicted octanol–water partition coefficient (Wildman–Crippen LogP) is 0.442. The lowest BCUT2D eigenvalue weighted by Gasteiger charge is -2.12. The van der Waals surface area contributed by atoms with Crippen molar-refractivity contribution in [3.63, 3.8) is 0 Å². The monoisotopic (exact) mass is 205 g/mol. The summed E-state index contributed by atoms with van der Waals surface area (Å²) < 4.78 is 0. The molecule has 0 aliphatic carbocycles. The van der Waals surface area contributed by atoms with Gasteiger partial charge in [0.2, 0.25) is 5.91 Å². The zero-order valence-corrected chi connectivity index (χ0v) is 8.36. The lowest BCUT2D eigenvalue weighted by atomic mass is 10.3. The predicted molar refractivity (Wildman–Crippen MR) is 52.9 cm³/mol. The second-order valence-electron chi connectivity index (χ2n) is 3.48. The van der Waals surface area contributed by atoms with Gasteiger partial charge in [-0.3, -0.25) is 15.1 Å². The Morgan fingerprint density at radius 1 is 1.47 bits per heavy atom. The third-order valence-electron chi connectivity index (χ3n) is 2.17. The molecule has 1 aliphatic heterocycles. The number of hydrogen-bond donors (Lipinski definition) is 1. The van der Waals surface area contributed by atoms with Gasteiger partial charge in [-0.15, -0.1) is 0 Å². The van der Waals surface area contributed by atoms with Crippen LogP contribution in [0.4, 0.5) is 4.79 Å². The number of hydrogen-bond acceptors (Lipinski definition) is 3. The van der Waals surface area contributed by atoms with Crippen LogP contribution < -0.4 is 5.32 Å². The van der Waals surface area contributed by atoms with Crippen molar-refractivity contribution in [3.8, 4) is 0 Å². The van der Waals surface area contributed by atoms with Gasteiger partial charge in [-0.05, 0) is 19.1 Å². The second kappa shape index (κ2) is 3.68. The summed E-state index contributed by atoms with van der Waals surface area (Å²) >= 11 is 0. The van der Waals surface area contributed by atoms with E-state index in [-0.39, 0.29) is 18.5 Å². The van der Waals surface area contributed by atoms with E-state index in [4.69, 9.17) is 0 Å². The summed E-state index contributed by atoms with van der Waals surface area (Å²) in [5.74, 6) is -0.257. The Bertz CT molecular complexity index is 417. The van der Waals surface area contributed by atoms with E-state index in [2.05, 4.69) is 10.3 Å². The minimum Gasteiger partial charge on any atom is -0.309 e. The van der Waals surface area contributed by atoms with Gasteiger partial charge in [-0.25, -0.2) is 4.79 Å². The molecule has 2 rings (SSSR count). The fraction of sp³-hybridized carbons (Fsp3) is 0.300. The van der Waals surface area contributed by atoms with Gasteiger partial charge >= 0.3 is 6.03 Å². The minimum atomic E-state index is -0.344. The van der Waals surface area contributed by atoms with Crippen LogP contribution in [0.1, 0.15) is 11.4 Å². The number of rotatable bonds is 2. The molecule has 1 saturated heterocycles. The SMILES string of the molecule is Cc1cccc(CN2CC(=O)NC2=O)n1. The van der Waals surface area contributed by atoms with Crippen molar-refractivity contribution in [1.82, 2.24) is 15.2 Å². The normalized spacial score (nSPS) is 15.7. The fourth-order valence-corrected chi connectivity index (χ4v) is 1.49. The molecule has 78 valence electrons. The lowest BCUT2D eigenvalue weighted by Crippen LogP contribution is -2.28. The van der Waals surface area contributed by atoms with Crippen LogP contribution >= 0.6 is 0 Å². The first-order valence-corrected chi connectivity index (χ1v) is 4.66. The van der Waals surface area contributed by atoms with Crippen molar-refractivity contribution >= 4 is 11.9 Å². The van der Waals surface area contributed by atoms with E-state index >= 15 is 0 Å². The van der Waals surface area contributed by atoms with Crippen LogP contribution in [-0.4, -0.2) is 28.4 Å². The highest BCUT2D eigenvalue weighted by Gasteiger charge is 2.26. The number of urea groups is 1. The number of carbonyl (C=O) groups is 2. The Morgan fingerprint density at radius 3 is 2.87 bits per heavy atom. The van der Waals surface area contributed by atoms with Crippen molar-refractivity contribution in [2.24, 2.45) is 0 Å². The number of pyridine rings is 1. The molecule has 0 spiro atoms. The van der Waals surface area contributed by atoms with E-state index in [9.17, 15) is 9.59 Å². The topological polar surface area (TPSA) is 62.3 Å². The number of nitrogens with one attached hydrogen (secondary N) is 1.